The van der Waals surface area contributed by atoms with Crippen molar-refractivity contribution < 1.29 is 4.39 Å². The first-order valence-electron chi connectivity index (χ1n) is 9.71. The smallest absolute Gasteiger partial charge is 0.123 e. The van der Waals surface area contributed by atoms with Gasteiger partial charge in [0.25, 0.3) is 0 Å². The van der Waals surface area contributed by atoms with Crippen molar-refractivity contribution in [3.8, 4) is 0 Å². The lowest BCUT2D eigenvalue weighted by Gasteiger charge is -2.30. The molecule has 1 aromatic heterocycles. The van der Waals surface area contributed by atoms with Gasteiger partial charge in [0.15, 0.2) is 0 Å². The molecule has 0 amide bonds. The topological polar surface area (TPSA) is 31.4 Å². The van der Waals surface area contributed by atoms with Crippen LogP contribution < -0.4 is 5.01 Å². The Balaban J connectivity index is 1.55. The predicted octanol–water partition coefficient (Wildman–Crippen LogP) is 5.99. The molecule has 3 nitrogen and oxygen atoms in total. The molecule has 0 saturated heterocycles. The molecule has 29 heavy (non-hydrogen) atoms. The van der Waals surface area contributed by atoms with Crippen LogP contribution >= 0.6 is 11.8 Å². The maximum Gasteiger partial charge on any atom is 0.123 e. The number of hydrazone groups is 1. The van der Waals surface area contributed by atoms with E-state index in [4.69, 9.17) is 5.10 Å². The van der Waals surface area contributed by atoms with E-state index in [1.165, 1.54) is 17.0 Å². The van der Waals surface area contributed by atoms with Crippen LogP contribution in [0.4, 0.5) is 10.1 Å². The fourth-order valence-corrected chi connectivity index (χ4v) is 5.67. The Bertz CT molecular complexity index is 1250. The first-order valence-corrected chi connectivity index (χ1v) is 10.7. The van der Waals surface area contributed by atoms with Gasteiger partial charge in [-0.25, -0.2) is 4.39 Å². The average Bonchev–Trinajstić information content (AvgIpc) is 3.35. The lowest BCUT2D eigenvalue weighted by molar-refractivity contribution is 0.596. The minimum absolute atomic E-state index is 0.0625. The highest BCUT2D eigenvalue weighted by Crippen LogP contribution is 2.48. The molecule has 2 atom stereocenters. The largest absolute Gasteiger partial charge is 0.361 e. The van der Waals surface area contributed by atoms with Crippen LogP contribution in [-0.4, -0.2) is 16.4 Å². The van der Waals surface area contributed by atoms with Crippen LogP contribution in [0.25, 0.3) is 10.9 Å². The lowest BCUT2D eigenvalue weighted by atomic mass is 9.87. The quantitative estimate of drug-likeness (QED) is 0.449. The van der Waals surface area contributed by atoms with Crippen LogP contribution in [0.5, 0.6) is 0 Å². The molecule has 2 aliphatic heterocycles. The van der Waals surface area contributed by atoms with E-state index in [-0.39, 0.29) is 17.8 Å². The molecule has 2 unspecified atom stereocenters. The molecule has 0 bridgehead atoms. The molecule has 0 saturated carbocycles. The van der Waals surface area contributed by atoms with E-state index in [1.807, 2.05) is 30.3 Å². The summed E-state index contributed by atoms with van der Waals surface area (Å²) in [5.41, 5.74) is 5.31. The maximum atomic E-state index is 14.1. The van der Waals surface area contributed by atoms with E-state index in [2.05, 4.69) is 46.5 Å². The predicted molar refractivity (Wildman–Crippen MR) is 117 cm³/mol. The summed E-state index contributed by atoms with van der Waals surface area (Å²) in [6, 6.07) is 23.7. The number of anilines is 1. The summed E-state index contributed by atoms with van der Waals surface area (Å²) in [5.74, 6) is 0.897. The molecule has 6 rings (SSSR count). The van der Waals surface area contributed by atoms with Gasteiger partial charge in [-0.2, -0.15) is 5.10 Å². The Labute approximate surface area is 172 Å². The molecule has 0 aliphatic carbocycles. The Morgan fingerprint density at radius 3 is 2.72 bits per heavy atom. The fourth-order valence-electron chi connectivity index (χ4n) is 4.49. The van der Waals surface area contributed by atoms with E-state index in [0.717, 1.165) is 33.1 Å². The average molecular weight is 399 g/mol. The van der Waals surface area contributed by atoms with Crippen molar-refractivity contribution in [1.82, 2.24) is 4.98 Å². The third-order valence-corrected chi connectivity index (χ3v) is 7.00. The SMILES string of the molecule is Fc1ccc2c(c1)C1=NN(c3ccccc3)C(c3c[nH]c4ccccc34)C1CS2. The Kier molecular flexibility index (Phi) is 3.78. The zero-order valence-electron chi connectivity index (χ0n) is 15.5. The van der Waals surface area contributed by atoms with Crippen LogP contribution in [0.15, 0.2) is 89.0 Å². The van der Waals surface area contributed by atoms with E-state index < -0.39 is 0 Å². The minimum atomic E-state index is -0.213. The maximum absolute atomic E-state index is 14.1. The second-order valence-electron chi connectivity index (χ2n) is 7.46. The summed E-state index contributed by atoms with van der Waals surface area (Å²) in [6.07, 6.45) is 2.11. The van der Waals surface area contributed by atoms with Gasteiger partial charge in [0.1, 0.15) is 5.82 Å². The molecule has 0 spiro atoms. The number of nitrogens with zero attached hydrogens (tertiary/aromatic N) is 2. The van der Waals surface area contributed by atoms with Gasteiger partial charge < -0.3 is 4.98 Å². The van der Waals surface area contributed by atoms with Crippen LogP contribution in [0.2, 0.25) is 0 Å². The fraction of sp³-hybridized carbons (Fsp3) is 0.125. The van der Waals surface area contributed by atoms with E-state index in [0.29, 0.717) is 0 Å². The Morgan fingerprint density at radius 1 is 1.00 bits per heavy atom. The molecule has 3 heterocycles. The first kappa shape index (κ1) is 16.9. The number of hydrogen-bond acceptors (Lipinski definition) is 3. The van der Waals surface area contributed by atoms with Gasteiger partial charge in [-0.05, 0) is 36.4 Å². The molecule has 2 aliphatic rings. The lowest BCUT2D eigenvalue weighted by Crippen LogP contribution is -2.29. The monoisotopic (exact) mass is 399 g/mol. The molecule has 4 aromatic rings. The number of aromatic nitrogens is 1. The van der Waals surface area contributed by atoms with Gasteiger partial charge in [0.05, 0.1) is 17.4 Å². The number of para-hydroxylation sites is 2. The molecule has 0 radical (unpaired) electrons. The summed E-state index contributed by atoms with van der Waals surface area (Å²) in [6.45, 7) is 0. The van der Waals surface area contributed by atoms with Crippen molar-refractivity contribution in [2.45, 2.75) is 10.9 Å². The molecule has 3 aromatic carbocycles. The molecule has 142 valence electrons. The number of rotatable bonds is 2. The van der Waals surface area contributed by atoms with E-state index in [1.54, 1.807) is 17.8 Å². The first-order chi connectivity index (χ1) is 14.3. The summed E-state index contributed by atoms with van der Waals surface area (Å²) in [7, 11) is 0. The summed E-state index contributed by atoms with van der Waals surface area (Å²) >= 11 is 1.79. The number of hydrogen-bond donors (Lipinski definition) is 1. The molecule has 1 N–H and O–H groups in total. The van der Waals surface area contributed by atoms with Gasteiger partial charge in [0, 0.05) is 44.8 Å². The highest BCUT2D eigenvalue weighted by Gasteiger charge is 2.43. The second-order valence-corrected chi connectivity index (χ2v) is 8.52. The van der Waals surface area contributed by atoms with Crippen molar-refractivity contribution in [2.24, 2.45) is 11.0 Å². The van der Waals surface area contributed by atoms with Gasteiger partial charge >= 0.3 is 0 Å². The molecule has 0 fully saturated rings. The minimum Gasteiger partial charge on any atom is -0.361 e. The Hall–Kier alpha value is -3.05. The summed E-state index contributed by atoms with van der Waals surface area (Å²) in [5, 5.41) is 8.40. The highest BCUT2D eigenvalue weighted by molar-refractivity contribution is 7.99. The van der Waals surface area contributed by atoms with Crippen molar-refractivity contribution in [1.29, 1.82) is 0 Å². The molecule has 5 heteroatoms. The van der Waals surface area contributed by atoms with Crippen LogP contribution in [0.3, 0.4) is 0 Å². The summed E-state index contributed by atoms with van der Waals surface area (Å²) in [4.78, 5) is 4.52. The third-order valence-electron chi connectivity index (χ3n) is 5.81. The van der Waals surface area contributed by atoms with Crippen LogP contribution in [0.1, 0.15) is 17.2 Å². The normalized spacial score (nSPS) is 20.4. The standard InChI is InChI=1S/C24H18FN3S/c25-15-10-11-22-18(12-15)23-20(14-29-22)24(28(27-23)16-6-2-1-3-7-16)19-13-26-21-9-5-4-8-17(19)21/h1-13,20,24,26H,14H2. The van der Waals surface area contributed by atoms with Crippen LogP contribution in [-0.2, 0) is 0 Å². The third kappa shape index (κ3) is 2.61. The Morgan fingerprint density at radius 2 is 1.83 bits per heavy atom. The number of halogens is 1. The van der Waals surface area contributed by atoms with Gasteiger partial charge in [0.2, 0.25) is 0 Å². The number of benzene rings is 3. The highest BCUT2D eigenvalue weighted by atomic mass is 32.2. The van der Waals surface area contributed by atoms with Gasteiger partial charge in [-0.15, -0.1) is 11.8 Å². The van der Waals surface area contributed by atoms with Crippen molar-refractivity contribution in [3.63, 3.8) is 0 Å². The van der Waals surface area contributed by atoms with Crippen molar-refractivity contribution in [2.75, 3.05) is 10.8 Å². The number of aromatic amines is 1. The number of fused-ring (bicyclic) bond motifs is 4. The second kappa shape index (κ2) is 6.49. The van der Waals surface area contributed by atoms with E-state index in [9.17, 15) is 4.39 Å². The summed E-state index contributed by atoms with van der Waals surface area (Å²) < 4.78 is 14.1. The van der Waals surface area contributed by atoms with Gasteiger partial charge in [-0.1, -0.05) is 36.4 Å². The molecular formula is C24H18FN3S. The zero-order valence-corrected chi connectivity index (χ0v) is 16.4. The number of H-pyrrole nitrogens is 1. The van der Waals surface area contributed by atoms with Crippen molar-refractivity contribution >= 4 is 34.1 Å². The zero-order chi connectivity index (χ0) is 19.4. The number of thioether (sulfide) groups is 1. The van der Waals surface area contributed by atoms with E-state index >= 15 is 0 Å². The van der Waals surface area contributed by atoms with Crippen molar-refractivity contribution in [3.05, 3.63) is 95.9 Å². The van der Waals surface area contributed by atoms with Gasteiger partial charge in [-0.3, -0.25) is 5.01 Å². The molecular weight excluding hydrogens is 381 g/mol. The van der Waals surface area contributed by atoms with Crippen LogP contribution in [0, 0.1) is 11.7 Å². The number of nitrogens with one attached hydrogen (secondary N) is 1.